The Labute approximate surface area is 102 Å². The van der Waals surface area contributed by atoms with Gasteiger partial charge in [-0.15, -0.1) is 0 Å². The van der Waals surface area contributed by atoms with Crippen molar-refractivity contribution in [2.45, 2.75) is 19.4 Å². The summed E-state index contributed by atoms with van der Waals surface area (Å²) in [5.74, 6) is -0.316. The van der Waals surface area contributed by atoms with Crippen LogP contribution in [0.3, 0.4) is 0 Å². The van der Waals surface area contributed by atoms with E-state index >= 15 is 0 Å². The Morgan fingerprint density at radius 2 is 2.22 bits per heavy atom. The van der Waals surface area contributed by atoms with Gasteiger partial charge in [0.15, 0.2) is 0 Å². The van der Waals surface area contributed by atoms with Crippen LogP contribution in [0.5, 0.6) is 0 Å². The van der Waals surface area contributed by atoms with Crippen LogP contribution in [0.4, 0.5) is 0 Å². The van der Waals surface area contributed by atoms with E-state index in [-0.39, 0.29) is 24.5 Å². The largest absolute Gasteiger partial charge is 0.396 e. The molecule has 1 aliphatic carbocycles. The van der Waals surface area contributed by atoms with Gasteiger partial charge in [0.25, 0.3) is 5.56 Å². The molecule has 1 fully saturated rings. The van der Waals surface area contributed by atoms with Gasteiger partial charge in [-0.3, -0.25) is 19.1 Å². The second-order valence-corrected chi connectivity index (χ2v) is 4.67. The lowest BCUT2D eigenvalue weighted by molar-refractivity contribution is -0.122. The van der Waals surface area contributed by atoms with Gasteiger partial charge in [0.2, 0.25) is 5.91 Å². The van der Waals surface area contributed by atoms with Gasteiger partial charge < -0.3 is 10.4 Å². The van der Waals surface area contributed by atoms with Gasteiger partial charge in [-0.1, -0.05) is 0 Å². The molecule has 7 heteroatoms. The van der Waals surface area contributed by atoms with Crippen LogP contribution >= 0.6 is 0 Å². The van der Waals surface area contributed by atoms with Crippen molar-refractivity contribution in [1.29, 1.82) is 0 Å². The number of aromatic nitrogens is 2. The first-order valence-corrected chi connectivity index (χ1v) is 5.72. The van der Waals surface area contributed by atoms with Crippen LogP contribution in [0.2, 0.25) is 0 Å². The predicted molar refractivity (Wildman–Crippen MR) is 63.1 cm³/mol. The van der Waals surface area contributed by atoms with E-state index < -0.39 is 11.2 Å². The number of hydrogen-bond acceptors (Lipinski definition) is 4. The zero-order valence-corrected chi connectivity index (χ0v) is 9.81. The van der Waals surface area contributed by atoms with E-state index in [0.717, 1.165) is 17.4 Å². The SMILES string of the molecule is O=C(Cn1ccc(=O)[nH]c1=O)NCC1(CO)CC1. The maximum atomic E-state index is 11.6. The topological polar surface area (TPSA) is 104 Å². The third-order valence-electron chi connectivity index (χ3n) is 3.16. The van der Waals surface area contributed by atoms with Gasteiger partial charge in [-0.25, -0.2) is 4.79 Å². The summed E-state index contributed by atoms with van der Waals surface area (Å²) in [6.45, 7) is 0.337. The smallest absolute Gasteiger partial charge is 0.328 e. The minimum atomic E-state index is -0.610. The van der Waals surface area contributed by atoms with Crippen LogP contribution in [-0.4, -0.2) is 33.7 Å². The number of hydrogen-bond donors (Lipinski definition) is 3. The zero-order chi connectivity index (χ0) is 13.2. The number of nitrogens with zero attached hydrogens (tertiary/aromatic N) is 1. The fourth-order valence-electron chi connectivity index (χ4n) is 1.63. The van der Waals surface area contributed by atoms with Crippen molar-refractivity contribution in [2.75, 3.05) is 13.2 Å². The lowest BCUT2D eigenvalue weighted by Crippen LogP contribution is -2.38. The Morgan fingerprint density at radius 1 is 1.50 bits per heavy atom. The number of aliphatic hydroxyl groups excluding tert-OH is 1. The summed E-state index contributed by atoms with van der Waals surface area (Å²) in [6.07, 6.45) is 3.09. The van der Waals surface area contributed by atoms with Gasteiger partial charge in [-0.2, -0.15) is 0 Å². The summed E-state index contributed by atoms with van der Waals surface area (Å²) < 4.78 is 1.12. The van der Waals surface area contributed by atoms with Crippen molar-refractivity contribution in [3.63, 3.8) is 0 Å². The van der Waals surface area contributed by atoms with Crippen LogP contribution in [0.1, 0.15) is 12.8 Å². The van der Waals surface area contributed by atoms with E-state index in [0.29, 0.717) is 6.54 Å². The Bertz CT molecular complexity index is 556. The molecule has 98 valence electrons. The zero-order valence-electron chi connectivity index (χ0n) is 9.81. The number of aromatic amines is 1. The monoisotopic (exact) mass is 253 g/mol. The molecular formula is C11H15N3O4. The molecule has 0 saturated heterocycles. The first-order chi connectivity index (χ1) is 8.54. The first-order valence-electron chi connectivity index (χ1n) is 5.72. The minimum absolute atomic E-state index is 0.0614. The molecular weight excluding hydrogens is 238 g/mol. The molecule has 1 aromatic heterocycles. The first kappa shape index (κ1) is 12.6. The van der Waals surface area contributed by atoms with Crippen LogP contribution in [-0.2, 0) is 11.3 Å². The van der Waals surface area contributed by atoms with Crippen molar-refractivity contribution < 1.29 is 9.90 Å². The van der Waals surface area contributed by atoms with E-state index in [4.69, 9.17) is 5.11 Å². The average molecular weight is 253 g/mol. The van der Waals surface area contributed by atoms with Crippen molar-refractivity contribution in [3.8, 4) is 0 Å². The lowest BCUT2D eigenvalue weighted by atomic mass is 10.1. The molecule has 0 spiro atoms. The fraction of sp³-hybridized carbons (Fsp3) is 0.545. The highest BCUT2D eigenvalue weighted by Crippen LogP contribution is 2.44. The van der Waals surface area contributed by atoms with E-state index in [1.54, 1.807) is 0 Å². The van der Waals surface area contributed by atoms with Crippen molar-refractivity contribution >= 4 is 5.91 Å². The lowest BCUT2D eigenvalue weighted by Gasteiger charge is -2.13. The van der Waals surface area contributed by atoms with Crippen LogP contribution in [0, 0.1) is 5.41 Å². The maximum Gasteiger partial charge on any atom is 0.328 e. The molecule has 3 N–H and O–H groups in total. The Balaban J connectivity index is 1.91. The summed E-state index contributed by atoms with van der Waals surface area (Å²) in [4.78, 5) is 35.8. The summed E-state index contributed by atoms with van der Waals surface area (Å²) in [7, 11) is 0. The normalized spacial score (nSPS) is 16.3. The number of H-pyrrole nitrogens is 1. The number of rotatable bonds is 5. The molecule has 0 bridgehead atoms. The van der Waals surface area contributed by atoms with E-state index in [2.05, 4.69) is 10.3 Å². The molecule has 7 nitrogen and oxygen atoms in total. The van der Waals surface area contributed by atoms with Crippen LogP contribution in [0.15, 0.2) is 21.9 Å². The Morgan fingerprint density at radius 3 is 2.78 bits per heavy atom. The molecule has 0 atom stereocenters. The van der Waals surface area contributed by atoms with Crippen molar-refractivity contribution in [2.24, 2.45) is 5.41 Å². The summed E-state index contributed by atoms with van der Waals surface area (Å²) >= 11 is 0. The highest BCUT2D eigenvalue weighted by Gasteiger charge is 2.41. The molecule has 1 saturated carbocycles. The van der Waals surface area contributed by atoms with E-state index in [9.17, 15) is 14.4 Å². The Kier molecular flexibility index (Phi) is 3.33. The van der Waals surface area contributed by atoms with Crippen molar-refractivity contribution in [3.05, 3.63) is 33.1 Å². The number of carbonyl (C=O) groups excluding carboxylic acids is 1. The number of carbonyl (C=O) groups is 1. The summed E-state index contributed by atoms with van der Waals surface area (Å²) in [5.41, 5.74) is -1.26. The Hall–Kier alpha value is -1.89. The molecule has 0 aliphatic heterocycles. The van der Waals surface area contributed by atoms with Gasteiger partial charge in [-0.05, 0) is 12.8 Å². The third-order valence-corrected chi connectivity index (χ3v) is 3.16. The highest BCUT2D eigenvalue weighted by atomic mass is 16.3. The maximum absolute atomic E-state index is 11.6. The van der Waals surface area contributed by atoms with Gasteiger partial charge in [0, 0.05) is 24.2 Å². The van der Waals surface area contributed by atoms with E-state index in [1.165, 1.54) is 12.3 Å². The number of nitrogens with one attached hydrogen (secondary N) is 2. The van der Waals surface area contributed by atoms with E-state index in [1.807, 2.05) is 0 Å². The van der Waals surface area contributed by atoms with Crippen LogP contribution in [0.25, 0.3) is 0 Å². The number of aliphatic hydroxyl groups is 1. The number of amides is 1. The molecule has 1 heterocycles. The molecule has 1 aliphatic rings. The highest BCUT2D eigenvalue weighted by molar-refractivity contribution is 5.75. The third kappa shape index (κ3) is 2.86. The molecule has 1 amide bonds. The van der Waals surface area contributed by atoms with Crippen molar-refractivity contribution in [1.82, 2.24) is 14.9 Å². The summed E-state index contributed by atoms with van der Waals surface area (Å²) in [5, 5.41) is 11.8. The fourth-order valence-corrected chi connectivity index (χ4v) is 1.63. The second-order valence-electron chi connectivity index (χ2n) is 4.67. The van der Waals surface area contributed by atoms with Gasteiger partial charge in [0.1, 0.15) is 6.54 Å². The molecule has 2 rings (SSSR count). The summed E-state index contributed by atoms with van der Waals surface area (Å²) in [6, 6.07) is 1.19. The quantitative estimate of drug-likeness (QED) is 0.589. The van der Waals surface area contributed by atoms with Gasteiger partial charge in [0.05, 0.1) is 6.61 Å². The predicted octanol–water partition coefficient (Wildman–Crippen LogP) is -1.57. The molecule has 0 unspecified atom stereocenters. The molecule has 0 aromatic carbocycles. The standard InChI is InChI=1S/C11H15N3O4/c15-7-11(2-3-11)6-12-9(17)5-14-4-1-8(16)13-10(14)18/h1,4,15H,2-3,5-7H2,(H,12,17)(H,13,16,18). The second kappa shape index (κ2) is 4.77. The molecule has 0 radical (unpaired) electrons. The molecule has 18 heavy (non-hydrogen) atoms. The average Bonchev–Trinajstić information content (AvgIpc) is 3.11. The minimum Gasteiger partial charge on any atom is -0.396 e. The molecule has 1 aromatic rings. The van der Waals surface area contributed by atoms with Gasteiger partial charge >= 0.3 is 5.69 Å². The van der Waals surface area contributed by atoms with Crippen LogP contribution < -0.4 is 16.6 Å².